The lowest BCUT2D eigenvalue weighted by Crippen LogP contribution is -2.38. The highest BCUT2D eigenvalue weighted by Gasteiger charge is 2.38. The number of carbonyl (C=O) groups is 1. The van der Waals surface area contributed by atoms with Crippen LogP contribution in [0.4, 0.5) is 10.5 Å². The fourth-order valence-electron chi connectivity index (χ4n) is 3.91. The van der Waals surface area contributed by atoms with Gasteiger partial charge in [0, 0.05) is 36.5 Å². The molecule has 1 aliphatic heterocycles. The molecular weight excluding hydrogens is 468 g/mol. The number of carbonyl (C=O) groups excluding carboxylic acids is 1. The Morgan fingerprint density at radius 3 is 2.66 bits per heavy atom. The van der Waals surface area contributed by atoms with Gasteiger partial charge in [0.15, 0.2) is 6.29 Å². The van der Waals surface area contributed by atoms with E-state index in [9.17, 15) is 9.90 Å². The third kappa shape index (κ3) is 6.17. The summed E-state index contributed by atoms with van der Waals surface area (Å²) in [7, 11) is 1.80. The zero-order chi connectivity index (χ0) is 24.8. The smallest absolute Gasteiger partial charge is 0.319 e. The summed E-state index contributed by atoms with van der Waals surface area (Å²) in [6.45, 7) is 4.50. The summed E-state index contributed by atoms with van der Waals surface area (Å²) < 4.78 is 14.5. The Bertz CT molecular complexity index is 1130. The number of rotatable bonds is 8. The summed E-state index contributed by atoms with van der Waals surface area (Å²) in [6, 6.07) is 15.0. The first kappa shape index (κ1) is 25.1. The number of hydrogen-bond donors (Lipinski definition) is 3. The number of anilines is 1. The predicted molar refractivity (Wildman–Crippen MR) is 132 cm³/mol. The number of urea groups is 1. The molecule has 11 heteroatoms. The van der Waals surface area contributed by atoms with E-state index in [0.29, 0.717) is 23.1 Å². The number of aliphatic hydroxyl groups excluding tert-OH is 1. The second-order valence-electron chi connectivity index (χ2n) is 8.33. The average Bonchev–Trinajstić information content (AvgIpc) is 3.28. The normalized spacial score (nSPS) is 22.1. The number of aryl methyl sites for hydroxylation is 1. The molecule has 1 aromatic heterocycles. The van der Waals surface area contributed by atoms with Crippen molar-refractivity contribution >= 4 is 23.5 Å². The van der Waals surface area contributed by atoms with Crippen molar-refractivity contribution in [1.29, 1.82) is 0 Å². The lowest BCUT2D eigenvalue weighted by atomic mass is 9.91. The monoisotopic (exact) mass is 498 g/mol. The molecule has 2 aromatic carbocycles. The molecule has 0 radical (unpaired) electrons. The van der Waals surface area contributed by atoms with Crippen molar-refractivity contribution in [2.24, 2.45) is 13.0 Å². The molecule has 0 spiro atoms. The molecule has 10 nitrogen and oxygen atoms in total. The van der Waals surface area contributed by atoms with E-state index in [1.54, 1.807) is 11.7 Å². The molecular formula is C24H30N6O4S. The standard InChI is InChI=1S/C24H30N6O4S/c1-4-25-23(32)26-19-7-5-6-18(12-19)22-33-20(14-35-24-27-28-29-30(24)3)15(2)21(34-22)17-10-8-16(13-31)9-11-17/h5-12,15,20-22,31H,4,13-14H2,1-3H3,(H2,25,26,32). The van der Waals surface area contributed by atoms with Crippen molar-refractivity contribution in [3.8, 4) is 0 Å². The Morgan fingerprint density at radius 1 is 1.17 bits per heavy atom. The third-order valence-electron chi connectivity index (χ3n) is 5.84. The van der Waals surface area contributed by atoms with Crippen LogP contribution in [0.1, 0.15) is 42.9 Å². The Morgan fingerprint density at radius 2 is 1.97 bits per heavy atom. The molecule has 186 valence electrons. The van der Waals surface area contributed by atoms with Gasteiger partial charge in [0.05, 0.1) is 18.8 Å². The maximum Gasteiger partial charge on any atom is 0.319 e. The number of benzene rings is 2. The van der Waals surface area contributed by atoms with Gasteiger partial charge in [-0.1, -0.05) is 55.1 Å². The maximum absolute atomic E-state index is 12.0. The first-order chi connectivity index (χ1) is 17.0. The molecule has 0 aliphatic carbocycles. The van der Waals surface area contributed by atoms with Crippen LogP contribution in [-0.4, -0.2) is 49.7 Å². The van der Waals surface area contributed by atoms with Gasteiger partial charge in [0.1, 0.15) is 0 Å². The number of ether oxygens (including phenoxy) is 2. The molecule has 1 fully saturated rings. The molecule has 3 aromatic rings. The van der Waals surface area contributed by atoms with Gasteiger partial charge in [-0.25, -0.2) is 9.48 Å². The Kier molecular flexibility index (Phi) is 8.34. The second-order valence-corrected chi connectivity index (χ2v) is 9.32. The van der Waals surface area contributed by atoms with Crippen molar-refractivity contribution in [1.82, 2.24) is 25.5 Å². The first-order valence-electron chi connectivity index (χ1n) is 11.5. The number of aromatic nitrogens is 4. The zero-order valence-electron chi connectivity index (χ0n) is 19.9. The fourth-order valence-corrected chi connectivity index (χ4v) is 4.92. The highest BCUT2D eigenvalue weighted by molar-refractivity contribution is 7.99. The highest BCUT2D eigenvalue weighted by atomic mass is 32.2. The van der Waals surface area contributed by atoms with E-state index in [1.807, 2.05) is 55.5 Å². The van der Waals surface area contributed by atoms with E-state index >= 15 is 0 Å². The molecule has 0 bridgehead atoms. The number of tetrazole rings is 1. The minimum Gasteiger partial charge on any atom is -0.392 e. The zero-order valence-corrected chi connectivity index (χ0v) is 20.7. The maximum atomic E-state index is 12.0. The number of nitrogens with zero attached hydrogens (tertiary/aromatic N) is 4. The number of amides is 2. The molecule has 35 heavy (non-hydrogen) atoms. The van der Waals surface area contributed by atoms with E-state index in [4.69, 9.17) is 9.47 Å². The fraction of sp³-hybridized carbons (Fsp3) is 0.417. The molecule has 4 rings (SSSR count). The van der Waals surface area contributed by atoms with Crippen molar-refractivity contribution in [2.75, 3.05) is 17.6 Å². The molecule has 2 amide bonds. The Hall–Kier alpha value is -2.99. The highest BCUT2D eigenvalue weighted by Crippen LogP contribution is 2.43. The van der Waals surface area contributed by atoms with Crippen LogP contribution in [0, 0.1) is 5.92 Å². The molecule has 2 heterocycles. The van der Waals surface area contributed by atoms with E-state index < -0.39 is 6.29 Å². The van der Waals surface area contributed by atoms with Crippen molar-refractivity contribution < 1.29 is 19.4 Å². The summed E-state index contributed by atoms with van der Waals surface area (Å²) >= 11 is 1.53. The van der Waals surface area contributed by atoms with Gasteiger partial charge < -0.3 is 25.2 Å². The van der Waals surface area contributed by atoms with Crippen LogP contribution >= 0.6 is 11.8 Å². The van der Waals surface area contributed by atoms with Crippen molar-refractivity contribution in [3.05, 3.63) is 65.2 Å². The van der Waals surface area contributed by atoms with E-state index in [1.165, 1.54) is 11.8 Å². The molecule has 4 atom stereocenters. The molecule has 1 saturated heterocycles. The number of nitrogens with one attached hydrogen (secondary N) is 2. The lowest BCUT2D eigenvalue weighted by Gasteiger charge is -2.41. The van der Waals surface area contributed by atoms with Crippen LogP contribution in [0.5, 0.6) is 0 Å². The quantitative estimate of drug-likeness (QED) is 0.404. The van der Waals surface area contributed by atoms with Crippen LogP contribution in [0.25, 0.3) is 0 Å². The van der Waals surface area contributed by atoms with Gasteiger partial charge in [0.25, 0.3) is 0 Å². The van der Waals surface area contributed by atoms with Gasteiger partial charge in [-0.15, -0.1) is 5.10 Å². The Labute approximate surface area is 208 Å². The number of thioether (sulfide) groups is 1. The Balaban J connectivity index is 1.58. The summed E-state index contributed by atoms with van der Waals surface area (Å²) in [4.78, 5) is 12.0. The third-order valence-corrected chi connectivity index (χ3v) is 6.93. The van der Waals surface area contributed by atoms with Gasteiger partial charge in [-0.2, -0.15) is 0 Å². The largest absolute Gasteiger partial charge is 0.392 e. The summed E-state index contributed by atoms with van der Waals surface area (Å²) in [5, 5.41) is 27.4. The van der Waals surface area contributed by atoms with E-state index in [-0.39, 0.29) is 30.8 Å². The SMILES string of the molecule is CCNC(=O)Nc1cccc(C2OC(CSc3nnnn3C)C(C)C(c3ccc(CO)cc3)O2)c1. The van der Waals surface area contributed by atoms with E-state index in [2.05, 4.69) is 33.1 Å². The van der Waals surface area contributed by atoms with E-state index in [0.717, 1.165) is 16.7 Å². The predicted octanol–water partition coefficient (Wildman–Crippen LogP) is 3.43. The van der Waals surface area contributed by atoms with Crippen LogP contribution < -0.4 is 10.6 Å². The number of aliphatic hydroxyl groups is 1. The van der Waals surface area contributed by atoms with Gasteiger partial charge in [-0.3, -0.25) is 0 Å². The number of hydrogen-bond acceptors (Lipinski definition) is 8. The van der Waals surface area contributed by atoms with Crippen LogP contribution in [-0.2, 0) is 23.1 Å². The van der Waals surface area contributed by atoms with Crippen LogP contribution in [0.3, 0.4) is 0 Å². The second kappa shape index (κ2) is 11.6. The molecule has 3 N–H and O–H groups in total. The topological polar surface area (TPSA) is 123 Å². The molecule has 4 unspecified atom stereocenters. The molecule has 1 aliphatic rings. The summed E-state index contributed by atoms with van der Waals surface area (Å²) in [5.74, 6) is 0.675. The summed E-state index contributed by atoms with van der Waals surface area (Å²) in [5.41, 5.74) is 3.31. The van der Waals surface area contributed by atoms with Gasteiger partial charge in [-0.05, 0) is 40.6 Å². The average molecular weight is 499 g/mol. The van der Waals surface area contributed by atoms with Crippen LogP contribution in [0.15, 0.2) is 53.7 Å². The van der Waals surface area contributed by atoms with Gasteiger partial charge in [0.2, 0.25) is 5.16 Å². The molecule has 0 saturated carbocycles. The van der Waals surface area contributed by atoms with Crippen LogP contribution in [0.2, 0.25) is 0 Å². The minimum absolute atomic E-state index is 0.0104. The first-order valence-corrected chi connectivity index (χ1v) is 12.5. The van der Waals surface area contributed by atoms with Crippen molar-refractivity contribution in [3.63, 3.8) is 0 Å². The lowest BCUT2D eigenvalue weighted by molar-refractivity contribution is -0.268. The summed E-state index contributed by atoms with van der Waals surface area (Å²) in [6.07, 6.45) is -1.02. The minimum atomic E-state index is -0.632. The van der Waals surface area contributed by atoms with Gasteiger partial charge >= 0.3 is 6.03 Å². The van der Waals surface area contributed by atoms with Crippen molar-refractivity contribution in [2.45, 2.75) is 44.1 Å².